The highest BCUT2D eigenvalue weighted by molar-refractivity contribution is 6.30. The minimum atomic E-state index is -0.194. The summed E-state index contributed by atoms with van der Waals surface area (Å²) in [5, 5.41) is 3.45. The molecule has 2 aromatic rings. The number of hydrogen-bond donors (Lipinski definition) is 1. The van der Waals surface area contributed by atoms with Gasteiger partial charge in [0.25, 0.3) is 5.91 Å². The largest absolute Gasteiger partial charge is 0.496 e. The lowest BCUT2D eigenvalue weighted by atomic mass is 10.2. The highest BCUT2D eigenvalue weighted by Crippen LogP contribution is 2.21. The summed E-state index contributed by atoms with van der Waals surface area (Å²) in [4.78, 5) is 11.9. The third-order valence-electron chi connectivity index (χ3n) is 3.16. The Morgan fingerprint density at radius 1 is 1.18 bits per heavy atom. The van der Waals surface area contributed by atoms with Gasteiger partial charge in [-0.15, -0.1) is 0 Å². The molecule has 0 atom stereocenters. The molecular formula is C17H18ClNO3. The molecule has 1 amide bonds. The van der Waals surface area contributed by atoms with Gasteiger partial charge >= 0.3 is 0 Å². The fourth-order valence-electron chi connectivity index (χ4n) is 2.01. The van der Waals surface area contributed by atoms with E-state index in [4.69, 9.17) is 21.1 Å². The van der Waals surface area contributed by atoms with Gasteiger partial charge in [0, 0.05) is 17.1 Å². The second-order valence-corrected chi connectivity index (χ2v) is 5.22. The molecule has 1 N–H and O–H groups in total. The minimum absolute atomic E-state index is 0.0440. The number of halogens is 1. The van der Waals surface area contributed by atoms with Crippen LogP contribution in [-0.4, -0.2) is 19.6 Å². The second-order valence-electron chi connectivity index (χ2n) is 4.79. The summed E-state index contributed by atoms with van der Waals surface area (Å²) in [6.07, 6.45) is 0. The summed E-state index contributed by atoms with van der Waals surface area (Å²) >= 11 is 5.88. The zero-order chi connectivity index (χ0) is 15.9. The van der Waals surface area contributed by atoms with Crippen LogP contribution in [0.25, 0.3) is 0 Å². The third kappa shape index (κ3) is 4.40. The molecule has 0 aliphatic carbocycles. The number of nitrogens with one attached hydrogen (secondary N) is 1. The lowest BCUT2D eigenvalue weighted by molar-refractivity contribution is -0.123. The zero-order valence-corrected chi connectivity index (χ0v) is 13.3. The van der Waals surface area contributed by atoms with Gasteiger partial charge in [-0.05, 0) is 36.8 Å². The molecule has 116 valence electrons. The lowest BCUT2D eigenvalue weighted by Crippen LogP contribution is -2.28. The van der Waals surface area contributed by atoms with E-state index in [2.05, 4.69) is 5.32 Å². The average molecular weight is 320 g/mol. The number of carbonyl (C=O) groups is 1. The molecule has 4 nitrogen and oxygen atoms in total. The number of aryl methyl sites for hydroxylation is 1. The van der Waals surface area contributed by atoms with Crippen molar-refractivity contribution < 1.29 is 14.3 Å². The summed E-state index contributed by atoms with van der Waals surface area (Å²) in [7, 11) is 1.60. The maximum Gasteiger partial charge on any atom is 0.258 e. The first-order valence-electron chi connectivity index (χ1n) is 6.87. The van der Waals surface area contributed by atoms with Crippen molar-refractivity contribution in [1.82, 2.24) is 5.32 Å². The average Bonchev–Trinajstić information content (AvgIpc) is 2.52. The molecule has 0 saturated heterocycles. The zero-order valence-electron chi connectivity index (χ0n) is 12.6. The van der Waals surface area contributed by atoms with E-state index in [0.717, 1.165) is 16.9 Å². The van der Waals surface area contributed by atoms with Gasteiger partial charge in [0.05, 0.1) is 7.11 Å². The molecule has 0 fully saturated rings. The molecule has 22 heavy (non-hydrogen) atoms. The van der Waals surface area contributed by atoms with Gasteiger partial charge in [-0.25, -0.2) is 0 Å². The first-order chi connectivity index (χ1) is 10.6. The topological polar surface area (TPSA) is 47.6 Å². The summed E-state index contributed by atoms with van der Waals surface area (Å²) in [6.45, 7) is 2.23. The smallest absolute Gasteiger partial charge is 0.258 e. The third-order valence-corrected chi connectivity index (χ3v) is 3.40. The van der Waals surface area contributed by atoms with Crippen molar-refractivity contribution in [2.24, 2.45) is 0 Å². The maximum atomic E-state index is 11.9. The molecule has 0 aliphatic rings. The lowest BCUT2D eigenvalue weighted by Gasteiger charge is -2.11. The number of ether oxygens (including phenoxy) is 2. The molecule has 0 spiro atoms. The van der Waals surface area contributed by atoms with E-state index in [0.29, 0.717) is 17.3 Å². The van der Waals surface area contributed by atoms with Crippen molar-refractivity contribution in [3.05, 3.63) is 58.6 Å². The number of hydrogen-bond acceptors (Lipinski definition) is 3. The Morgan fingerprint density at radius 3 is 2.68 bits per heavy atom. The van der Waals surface area contributed by atoms with Crippen molar-refractivity contribution in [3.63, 3.8) is 0 Å². The van der Waals surface area contributed by atoms with Gasteiger partial charge in [0.15, 0.2) is 6.61 Å². The van der Waals surface area contributed by atoms with Gasteiger partial charge < -0.3 is 14.8 Å². The molecule has 0 radical (unpaired) electrons. The summed E-state index contributed by atoms with van der Waals surface area (Å²) in [6, 6.07) is 12.8. The van der Waals surface area contributed by atoms with Gasteiger partial charge in [0.2, 0.25) is 0 Å². The molecule has 2 aromatic carbocycles. The van der Waals surface area contributed by atoms with E-state index in [-0.39, 0.29) is 12.5 Å². The highest BCUT2D eigenvalue weighted by atomic mass is 35.5. The van der Waals surface area contributed by atoms with Crippen LogP contribution in [0, 0.1) is 6.92 Å². The van der Waals surface area contributed by atoms with E-state index in [1.54, 1.807) is 25.3 Å². The van der Waals surface area contributed by atoms with Crippen molar-refractivity contribution in [1.29, 1.82) is 0 Å². The highest BCUT2D eigenvalue weighted by Gasteiger charge is 2.07. The van der Waals surface area contributed by atoms with Gasteiger partial charge in [-0.3, -0.25) is 4.79 Å². The van der Waals surface area contributed by atoms with E-state index >= 15 is 0 Å². The molecule has 0 bridgehead atoms. The van der Waals surface area contributed by atoms with Crippen LogP contribution in [0.5, 0.6) is 11.5 Å². The van der Waals surface area contributed by atoms with E-state index in [1.807, 2.05) is 31.2 Å². The second kappa shape index (κ2) is 7.71. The number of methoxy groups -OCH3 is 1. The molecule has 0 unspecified atom stereocenters. The van der Waals surface area contributed by atoms with Crippen LogP contribution < -0.4 is 14.8 Å². The quantitative estimate of drug-likeness (QED) is 0.888. The maximum absolute atomic E-state index is 11.9. The first kappa shape index (κ1) is 16.2. The number of carbonyl (C=O) groups excluding carboxylic acids is 1. The SMILES string of the molecule is COc1ccccc1CNC(=O)COc1ccc(Cl)cc1C. The first-order valence-corrected chi connectivity index (χ1v) is 7.25. The number of rotatable bonds is 6. The Kier molecular flexibility index (Phi) is 5.67. The fourth-order valence-corrected chi connectivity index (χ4v) is 2.24. The van der Waals surface area contributed by atoms with Gasteiger partial charge in [-0.1, -0.05) is 29.8 Å². The molecular weight excluding hydrogens is 302 g/mol. The normalized spacial score (nSPS) is 10.1. The van der Waals surface area contributed by atoms with Crippen LogP contribution in [0.4, 0.5) is 0 Å². The van der Waals surface area contributed by atoms with Gasteiger partial charge in [-0.2, -0.15) is 0 Å². The van der Waals surface area contributed by atoms with E-state index in [1.165, 1.54) is 0 Å². The number of amides is 1. The molecule has 0 saturated carbocycles. The van der Waals surface area contributed by atoms with Crippen LogP contribution in [0.15, 0.2) is 42.5 Å². The predicted molar refractivity (Wildman–Crippen MR) is 86.5 cm³/mol. The number of benzene rings is 2. The summed E-state index contributed by atoms with van der Waals surface area (Å²) in [5.74, 6) is 1.20. The Labute approximate surface area is 135 Å². The van der Waals surface area contributed by atoms with Crippen LogP contribution in [0.1, 0.15) is 11.1 Å². The fraction of sp³-hybridized carbons (Fsp3) is 0.235. The Morgan fingerprint density at radius 2 is 1.95 bits per heavy atom. The van der Waals surface area contributed by atoms with Crippen molar-refractivity contribution in [2.75, 3.05) is 13.7 Å². The van der Waals surface area contributed by atoms with Crippen molar-refractivity contribution in [2.45, 2.75) is 13.5 Å². The summed E-state index contributed by atoms with van der Waals surface area (Å²) < 4.78 is 10.7. The van der Waals surface area contributed by atoms with E-state index < -0.39 is 0 Å². The van der Waals surface area contributed by atoms with Gasteiger partial charge in [0.1, 0.15) is 11.5 Å². The molecule has 0 heterocycles. The van der Waals surface area contributed by atoms with Crippen LogP contribution in [-0.2, 0) is 11.3 Å². The summed E-state index contributed by atoms with van der Waals surface area (Å²) in [5.41, 5.74) is 1.81. The number of para-hydroxylation sites is 1. The molecule has 0 aliphatic heterocycles. The molecule has 2 rings (SSSR count). The minimum Gasteiger partial charge on any atom is -0.496 e. The van der Waals surface area contributed by atoms with Crippen LogP contribution in [0.3, 0.4) is 0 Å². The van der Waals surface area contributed by atoms with Crippen LogP contribution in [0.2, 0.25) is 5.02 Å². The van der Waals surface area contributed by atoms with Crippen molar-refractivity contribution >= 4 is 17.5 Å². The predicted octanol–water partition coefficient (Wildman–Crippen LogP) is 3.35. The molecule has 0 aromatic heterocycles. The van der Waals surface area contributed by atoms with Crippen molar-refractivity contribution in [3.8, 4) is 11.5 Å². The monoisotopic (exact) mass is 319 g/mol. The van der Waals surface area contributed by atoms with Crippen LogP contribution >= 0.6 is 11.6 Å². The Hall–Kier alpha value is -2.20. The molecule has 5 heteroatoms. The standard InChI is InChI=1S/C17H18ClNO3/c1-12-9-14(18)7-8-15(12)22-11-17(20)19-10-13-5-3-4-6-16(13)21-2/h3-9H,10-11H2,1-2H3,(H,19,20). The van der Waals surface area contributed by atoms with E-state index in [9.17, 15) is 4.79 Å². The Balaban J connectivity index is 1.85. The Bertz CT molecular complexity index is 658.